The Bertz CT molecular complexity index is 352. The van der Waals surface area contributed by atoms with E-state index >= 15 is 0 Å². The van der Waals surface area contributed by atoms with Crippen molar-refractivity contribution in [3.63, 3.8) is 0 Å². The van der Waals surface area contributed by atoms with Crippen LogP contribution in [0.3, 0.4) is 0 Å². The molecule has 5 heteroatoms. The average Bonchev–Trinajstić information content (AvgIpc) is 2.27. The number of carbonyl (C=O) groups is 1. The van der Waals surface area contributed by atoms with Crippen molar-refractivity contribution in [2.45, 2.75) is 51.3 Å². The molecule has 4 nitrogen and oxygen atoms in total. The zero-order chi connectivity index (χ0) is 12.4. The van der Waals surface area contributed by atoms with E-state index in [1.165, 1.54) is 25.4 Å². The van der Waals surface area contributed by atoms with Crippen LogP contribution in [0.15, 0.2) is 12.2 Å². The molecule has 0 bridgehead atoms. The second-order valence-corrected chi connectivity index (χ2v) is 5.95. The van der Waals surface area contributed by atoms with E-state index in [9.17, 15) is 4.79 Å². The summed E-state index contributed by atoms with van der Waals surface area (Å²) in [5.74, 6) is -0.00873. The van der Waals surface area contributed by atoms with Crippen LogP contribution in [0.25, 0.3) is 0 Å². The van der Waals surface area contributed by atoms with Gasteiger partial charge in [0.25, 0.3) is 0 Å². The molecule has 0 N–H and O–H groups in total. The van der Waals surface area contributed by atoms with Gasteiger partial charge >= 0.3 is 112 Å². The molecule has 1 fully saturated rings. The van der Waals surface area contributed by atoms with Gasteiger partial charge in [-0.25, -0.2) is 0 Å². The number of hydrogen-bond acceptors (Lipinski definition) is 4. The molecule has 0 aromatic carbocycles. The summed E-state index contributed by atoms with van der Waals surface area (Å²) in [5, 5.41) is 0. The van der Waals surface area contributed by atoms with E-state index in [2.05, 4.69) is 0 Å². The first-order valence-corrected chi connectivity index (χ1v) is 7.25. The first-order valence-electron chi connectivity index (χ1n) is 5.78. The SMILES string of the molecule is C[C@@H]1O[C@@H](O[C@H]2CC[C](=[W])O[C@H]2C)C=CC1=O. The molecule has 0 aliphatic carbocycles. The van der Waals surface area contributed by atoms with Gasteiger partial charge in [0, 0.05) is 0 Å². The van der Waals surface area contributed by atoms with Gasteiger partial charge in [0.05, 0.1) is 0 Å². The van der Waals surface area contributed by atoms with Gasteiger partial charge in [0.1, 0.15) is 0 Å². The van der Waals surface area contributed by atoms with Crippen LogP contribution in [0.4, 0.5) is 0 Å². The minimum atomic E-state index is -0.426. The molecule has 1 saturated heterocycles. The van der Waals surface area contributed by atoms with Gasteiger partial charge in [-0.2, -0.15) is 0 Å². The monoisotopic (exact) mass is 408 g/mol. The Morgan fingerprint density at radius 2 is 2.24 bits per heavy atom. The Labute approximate surface area is 112 Å². The van der Waals surface area contributed by atoms with Crippen LogP contribution in [-0.4, -0.2) is 34.5 Å². The molecule has 0 radical (unpaired) electrons. The van der Waals surface area contributed by atoms with Crippen molar-refractivity contribution in [1.29, 1.82) is 0 Å². The third-order valence-corrected chi connectivity index (χ3v) is 4.02. The van der Waals surface area contributed by atoms with Crippen LogP contribution in [0.2, 0.25) is 0 Å². The summed E-state index contributed by atoms with van der Waals surface area (Å²) in [6.07, 6.45) is 4.37. The van der Waals surface area contributed by atoms with Gasteiger partial charge in [-0.3, -0.25) is 0 Å². The van der Waals surface area contributed by atoms with E-state index in [-0.39, 0.29) is 18.0 Å². The van der Waals surface area contributed by atoms with E-state index < -0.39 is 12.4 Å². The maximum absolute atomic E-state index is 11.2. The summed E-state index contributed by atoms with van der Waals surface area (Å²) in [7, 11) is 0. The Morgan fingerprint density at radius 3 is 2.88 bits per heavy atom. The zero-order valence-corrected chi connectivity index (χ0v) is 12.9. The van der Waals surface area contributed by atoms with Gasteiger partial charge in [0.15, 0.2) is 0 Å². The standard InChI is InChI=1S/C12H16O4.W/c1-8-10(13)5-6-12(15-8)16-11-4-3-7-14-9(11)2;/h5-6,8-9,11-12H,3-4H2,1-2H3;/t8-,9-,11-,12-;/m0./s1. The molecule has 2 rings (SSSR count). The minimum absolute atomic E-state index is 0.00873. The first kappa shape index (κ1) is 13.3. The second-order valence-electron chi connectivity index (χ2n) is 4.32. The summed E-state index contributed by atoms with van der Waals surface area (Å²) < 4.78 is 18.1. The molecule has 2 heterocycles. The van der Waals surface area contributed by atoms with Crippen molar-refractivity contribution in [3.05, 3.63) is 12.2 Å². The van der Waals surface area contributed by atoms with Gasteiger partial charge in [-0.1, -0.05) is 0 Å². The molecule has 2 aliphatic heterocycles. The van der Waals surface area contributed by atoms with Gasteiger partial charge in [0.2, 0.25) is 0 Å². The summed E-state index contributed by atoms with van der Waals surface area (Å²) in [6.45, 7) is 3.75. The van der Waals surface area contributed by atoms with Gasteiger partial charge in [-0.15, -0.1) is 0 Å². The maximum atomic E-state index is 11.2. The Balaban J connectivity index is 1.91. The number of rotatable bonds is 2. The first-order chi connectivity index (χ1) is 8.06. The van der Waals surface area contributed by atoms with Gasteiger partial charge in [-0.05, 0) is 0 Å². The molecule has 4 atom stereocenters. The van der Waals surface area contributed by atoms with Crippen LogP contribution in [0.5, 0.6) is 0 Å². The van der Waals surface area contributed by atoms with Crippen molar-refractivity contribution in [3.8, 4) is 0 Å². The molecular formula is C12H16O4W. The third-order valence-electron chi connectivity index (χ3n) is 2.94. The molecule has 0 saturated carbocycles. The molecule has 17 heavy (non-hydrogen) atoms. The molecule has 0 amide bonds. The fourth-order valence-electron chi connectivity index (χ4n) is 1.89. The summed E-state index contributed by atoms with van der Waals surface area (Å²) in [6, 6.07) is 0. The number of carbonyl (C=O) groups excluding carboxylic acids is 1. The van der Waals surface area contributed by atoms with E-state index in [0.717, 1.165) is 16.9 Å². The van der Waals surface area contributed by atoms with Crippen molar-refractivity contribution < 1.29 is 38.4 Å². The van der Waals surface area contributed by atoms with Crippen molar-refractivity contribution in [2.24, 2.45) is 0 Å². The molecular weight excluding hydrogens is 392 g/mol. The molecule has 94 valence electrons. The summed E-state index contributed by atoms with van der Waals surface area (Å²) in [5.41, 5.74) is 0. The third kappa shape index (κ3) is 3.41. The van der Waals surface area contributed by atoms with Gasteiger partial charge < -0.3 is 0 Å². The Kier molecular flexibility index (Phi) is 4.42. The van der Waals surface area contributed by atoms with E-state index in [1.807, 2.05) is 6.92 Å². The molecule has 0 aromatic rings. The molecule has 0 unspecified atom stereocenters. The normalized spacial score (nSPS) is 38.5. The van der Waals surface area contributed by atoms with Crippen LogP contribution in [0, 0.1) is 0 Å². The van der Waals surface area contributed by atoms with Crippen LogP contribution in [-0.2, 0) is 38.4 Å². The fraction of sp³-hybridized carbons (Fsp3) is 0.667. The molecule has 0 aromatic heterocycles. The average molecular weight is 408 g/mol. The van der Waals surface area contributed by atoms with E-state index in [4.69, 9.17) is 14.2 Å². The van der Waals surface area contributed by atoms with Crippen molar-refractivity contribution in [1.82, 2.24) is 0 Å². The Morgan fingerprint density at radius 1 is 1.47 bits per heavy atom. The number of ketones is 1. The molecule has 0 spiro atoms. The van der Waals surface area contributed by atoms with E-state index in [1.54, 1.807) is 13.0 Å². The van der Waals surface area contributed by atoms with Crippen molar-refractivity contribution in [2.75, 3.05) is 0 Å². The van der Waals surface area contributed by atoms with Crippen LogP contribution < -0.4 is 0 Å². The molecule has 2 aliphatic rings. The van der Waals surface area contributed by atoms with Crippen LogP contribution in [0.1, 0.15) is 26.7 Å². The predicted octanol–water partition coefficient (Wildman–Crippen LogP) is 1.12. The van der Waals surface area contributed by atoms with E-state index in [0.29, 0.717) is 0 Å². The zero-order valence-electron chi connectivity index (χ0n) is 9.92. The van der Waals surface area contributed by atoms with Crippen molar-refractivity contribution >= 4 is 9.87 Å². The topological polar surface area (TPSA) is 44.8 Å². The van der Waals surface area contributed by atoms with Crippen LogP contribution >= 0.6 is 0 Å². The predicted molar refractivity (Wildman–Crippen MR) is 58.1 cm³/mol. The Hall–Kier alpha value is -0.152. The number of ether oxygens (including phenoxy) is 3. The quantitative estimate of drug-likeness (QED) is 0.688. The second kappa shape index (κ2) is 5.66. The fourth-order valence-corrected chi connectivity index (χ4v) is 2.86. The number of hydrogen-bond donors (Lipinski definition) is 0. The summed E-state index contributed by atoms with van der Waals surface area (Å²) in [4.78, 5) is 11.2. The summed E-state index contributed by atoms with van der Waals surface area (Å²) >= 11 is 1.39.